The van der Waals surface area contributed by atoms with Gasteiger partial charge in [-0.05, 0) is 26.8 Å². The highest BCUT2D eigenvalue weighted by Gasteiger charge is 2.12. The quantitative estimate of drug-likeness (QED) is 0.745. The maximum atomic E-state index is 5.60. The van der Waals surface area contributed by atoms with Crippen LogP contribution in [0.25, 0.3) is 0 Å². The lowest BCUT2D eigenvalue weighted by atomic mass is 10.3. The van der Waals surface area contributed by atoms with E-state index in [0.29, 0.717) is 17.6 Å². The fourth-order valence-corrected chi connectivity index (χ4v) is 1.95. The van der Waals surface area contributed by atoms with E-state index in [9.17, 15) is 0 Å². The zero-order chi connectivity index (χ0) is 12.8. The Morgan fingerprint density at radius 1 is 1.59 bits per heavy atom. The molecule has 0 aliphatic rings. The molecule has 1 rings (SSSR count). The molecule has 0 fully saturated rings. The van der Waals surface area contributed by atoms with Crippen LogP contribution in [0, 0.1) is 0 Å². The Bertz CT molecular complexity index is 360. The van der Waals surface area contributed by atoms with Crippen molar-refractivity contribution in [3.05, 3.63) is 12.2 Å². The number of thiocarbonyl (C=S) groups is 1. The lowest BCUT2D eigenvalue weighted by Crippen LogP contribution is -2.34. The summed E-state index contributed by atoms with van der Waals surface area (Å²) in [6, 6.07) is 0.320. The minimum absolute atomic E-state index is 0.320. The van der Waals surface area contributed by atoms with Gasteiger partial charge >= 0.3 is 0 Å². The van der Waals surface area contributed by atoms with Crippen LogP contribution < -0.4 is 5.73 Å². The van der Waals surface area contributed by atoms with Gasteiger partial charge in [-0.1, -0.05) is 19.1 Å². The third kappa shape index (κ3) is 4.40. The topological polar surface area (TPSA) is 60.0 Å². The SMILES string of the molecule is CCCN(CC(N)=S)Cc1ncnn1C(C)C. The molecule has 0 aliphatic heterocycles. The van der Waals surface area contributed by atoms with Crippen molar-refractivity contribution >= 4 is 17.2 Å². The standard InChI is InChI=1S/C11H21N5S/c1-4-5-15(6-10(12)17)7-11-13-8-14-16(11)9(2)3/h8-9H,4-7H2,1-3H3,(H2,12,17). The first-order valence-electron chi connectivity index (χ1n) is 5.93. The van der Waals surface area contributed by atoms with E-state index in [1.807, 2.05) is 4.68 Å². The number of hydrogen-bond donors (Lipinski definition) is 1. The number of hydrogen-bond acceptors (Lipinski definition) is 4. The maximum absolute atomic E-state index is 5.60. The van der Waals surface area contributed by atoms with Gasteiger partial charge in [0.2, 0.25) is 0 Å². The fourth-order valence-electron chi connectivity index (χ4n) is 1.77. The summed E-state index contributed by atoms with van der Waals surface area (Å²) in [6.07, 6.45) is 2.67. The normalized spacial score (nSPS) is 11.4. The van der Waals surface area contributed by atoms with Crippen LogP contribution in [0.15, 0.2) is 6.33 Å². The van der Waals surface area contributed by atoms with Crippen molar-refractivity contribution in [1.82, 2.24) is 19.7 Å². The van der Waals surface area contributed by atoms with Gasteiger partial charge in [-0.15, -0.1) is 0 Å². The smallest absolute Gasteiger partial charge is 0.141 e. The number of rotatable bonds is 7. The highest BCUT2D eigenvalue weighted by Crippen LogP contribution is 2.08. The molecule has 17 heavy (non-hydrogen) atoms. The molecule has 0 bridgehead atoms. The molecular weight excluding hydrogens is 234 g/mol. The molecule has 0 atom stereocenters. The molecule has 1 aromatic rings. The third-order valence-electron chi connectivity index (χ3n) is 2.42. The fraction of sp³-hybridized carbons (Fsp3) is 0.727. The number of nitrogens with zero attached hydrogens (tertiary/aromatic N) is 4. The van der Waals surface area contributed by atoms with Crippen LogP contribution in [0.3, 0.4) is 0 Å². The molecule has 0 unspecified atom stereocenters. The van der Waals surface area contributed by atoms with Crippen LogP contribution in [0.2, 0.25) is 0 Å². The van der Waals surface area contributed by atoms with Gasteiger partial charge in [0.15, 0.2) is 0 Å². The van der Waals surface area contributed by atoms with Crippen molar-refractivity contribution in [3.63, 3.8) is 0 Å². The van der Waals surface area contributed by atoms with Crippen LogP contribution in [-0.4, -0.2) is 37.7 Å². The molecule has 0 aliphatic carbocycles. The molecule has 0 saturated heterocycles. The minimum atomic E-state index is 0.320. The van der Waals surface area contributed by atoms with Gasteiger partial charge in [0.25, 0.3) is 0 Å². The maximum Gasteiger partial charge on any atom is 0.141 e. The van der Waals surface area contributed by atoms with Gasteiger partial charge in [-0.25, -0.2) is 9.67 Å². The summed E-state index contributed by atoms with van der Waals surface area (Å²) < 4.78 is 1.93. The van der Waals surface area contributed by atoms with Crippen molar-refractivity contribution < 1.29 is 0 Å². The number of aromatic nitrogens is 3. The van der Waals surface area contributed by atoms with Crippen molar-refractivity contribution in [3.8, 4) is 0 Å². The van der Waals surface area contributed by atoms with Gasteiger partial charge in [-0.3, -0.25) is 4.90 Å². The predicted molar refractivity (Wildman–Crippen MR) is 72.8 cm³/mol. The Hall–Kier alpha value is -1.01. The summed E-state index contributed by atoms with van der Waals surface area (Å²) in [5.74, 6) is 0.963. The van der Waals surface area contributed by atoms with E-state index in [-0.39, 0.29) is 0 Å². The van der Waals surface area contributed by atoms with Crippen molar-refractivity contribution in [1.29, 1.82) is 0 Å². The van der Waals surface area contributed by atoms with Crippen molar-refractivity contribution in [2.75, 3.05) is 13.1 Å². The molecule has 1 heterocycles. The Kier molecular flexibility index (Phi) is 5.50. The summed E-state index contributed by atoms with van der Waals surface area (Å²) in [7, 11) is 0. The summed E-state index contributed by atoms with van der Waals surface area (Å²) in [5, 5.41) is 4.22. The largest absolute Gasteiger partial charge is 0.392 e. The molecule has 96 valence electrons. The van der Waals surface area contributed by atoms with Crippen molar-refractivity contribution in [2.45, 2.75) is 39.8 Å². The van der Waals surface area contributed by atoms with Crippen LogP contribution >= 0.6 is 12.2 Å². The highest BCUT2D eigenvalue weighted by molar-refractivity contribution is 7.80. The Morgan fingerprint density at radius 2 is 2.29 bits per heavy atom. The first-order valence-corrected chi connectivity index (χ1v) is 6.34. The van der Waals surface area contributed by atoms with E-state index in [1.54, 1.807) is 6.33 Å². The molecule has 0 spiro atoms. The van der Waals surface area contributed by atoms with E-state index in [2.05, 4.69) is 35.8 Å². The van der Waals surface area contributed by atoms with Crippen LogP contribution in [-0.2, 0) is 6.54 Å². The van der Waals surface area contributed by atoms with Crippen LogP contribution in [0.1, 0.15) is 39.1 Å². The van der Waals surface area contributed by atoms with Crippen LogP contribution in [0.5, 0.6) is 0 Å². The van der Waals surface area contributed by atoms with E-state index in [0.717, 1.165) is 25.3 Å². The Balaban J connectivity index is 2.71. The lowest BCUT2D eigenvalue weighted by Gasteiger charge is -2.21. The highest BCUT2D eigenvalue weighted by atomic mass is 32.1. The molecule has 0 aromatic carbocycles. The lowest BCUT2D eigenvalue weighted by molar-refractivity contribution is 0.286. The predicted octanol–water partition coefficient (Wildman–Crippen LogP) is 1.36. The van der Waals surface area contributed by atoms with Crippen LogP contribution in [0.4, 0.5) is 0 Å². The molecule has 0 amide bonds. The minimum Gasteiger partial charge on any atom is -0.392 e. The first-order chi connectivity index (χ1) is 8.04. The Labute approximate surface area is 108 Å². The van der Waals surface area contributed by atoms with Crippen molar-refractivity contribution in [2.24, 2.45) is 5.73 Å². The van der Waals surface area contributed by atoms with Gasteiger partial charge in [0.05, 0.1) is 11.5 Å². The second kappa shape index (κ2) is 6.66. The van der Waals surface area contributed by atoms with E-state index < -0.39 is 0 Å². The molecule has 6 heteroatoms. The second-order valence-corrected chi connectivity index (χ2v) is 4.92. The van der Waals surface area contributed by atoms with E-state index in [1.165, 1.54) is 0 Å². The average Bonchev–Trinajstić information content (AvgIpc) is 2.65. The Morgan fingerprint density at radius 3 is 2.82 bits per heavy atom. The second-order valence-electron chi connectivity index (χ2n) is 4.39. The monoisotopic (exact) mass is 255 g/mol. The molecule has 1 aromatic heterocycles. The number of nitrogens with two attached hydrogens (primary N) is 1. The third-order valence-corrected chi connectivity index (χ3v) is 2.55. The van der Waals surface area contributed by atoms with Gasteiger partial charge in [0, 0.05) is 12.6 Å². The zero-order valence-corrected chi connectivity index (χ0v) is 11.6. The molecular formula is C11H21N5S. The first kappa shape index (κ1) is 14.1. The molecule has 2 N–H and O–H groups in total. The summed E-state index contributed by atoms with van der Waals surface area (Å²) in [4.78, 5) is 7.01. The molecule has 5 nitrogen and oxygen atoms in total. The summed E-state index contributed by atoms with van der Waals surface area (Å²) in [5.41, 5.74) is 5.60. The van der Waals surface area contributed by atoms with Gasteiger partial charge in [0.1, 0.15) is 12.2 Å². The zero-order valence-electron chi connectivity index (χ0n) is 10.8. The van der Waals surface area contributed by atoms with E-state index >= 15 is 0 Å². The van der Waals surface area contributed by atoms with Gasteiger partial charge < -0.3 is 5.73 Å². The summed E-state index contributed by atoms with van der Waals surface area (Å²) in [6.45, 7) is 8.66. The molecule has 0 saturated carbocycles. The average molecular weight is 255 g/mol. The summed E-state index contributed by atoms with van der Waals surface area (Å²) >= 11 is 4.96. The van der Waals surface area contributed by atoms with Gasteiger partial charge in [-0.2, -0.15) is 5.10 Å². The van der Waals surface area contributed by atoms with E-state index in [4.69, 9.17) is 18.0 Å². The molecule has 0 radical (unpaired) electrons.